The van der Waals surface area contributed by atoms with E-state index in [1.165, 1.54) is 4.68 Å². The predicted octanol–water partition coefficient (Wildman–Crippen LogP) is 4.56. The van der Waals surface area contributed by atoms with E-state index in [9.17, 15) is 9.59 Å². The quantitative estimate of drug-likeness (QED) is 0.484. The Morgan fingerprint density at radius 3 is 2.62 bits per heavy atom. The van der Waals surface area contributed by atoms with Crippen molar-refractivity contribution in [3.05, 3.63) is 87.4 Å². The van der Waals surface area contributed by atoms with E-state index in [1.54, 1.807) is 12.4 Å². The second kappa shape index (κ2) is 8.05. The van der Waals surface area contributed by atoms with Gasteiger partial charge in [-0.05, 0) is 36.8 Å². The summed E-state index contributed by atoms with van der Waals surface area (Å²) in [5.74, 6) is -0.309. The van der Waals surface area contributed by atoms with E-state index < -0.39 is 0 Å². The second-order valence-electron chi connectivity index (χ2n) is 6.69. The molecule has 0 bridgehead atoms. The normalized spacial score (nSPS) is 11.0. The van der Waals surface area contributed by atoms with E-state index in [0.717, 1.165) is 10.9 Å². The number of hydrogen-bond donors (Lipinski definition) is 1. The van der Waals surface area contributed by atoms with Crippen molar-refractivity contribution in [2.45, 2.75) is 19.9 Å². The van der Waals surface area contributed by atoms with Crippen molar-refractivity contribution in [1.29, 1.82) is 0 Å². The van der Waals surface area contributed by atoms with Gasteiger partial charge in [-0.2, -0.15) is 9.78 Å². The lowest BCUT2D eigenvalue weighted by atomic mass is 10.1. The van der Waals surface area contributed by atoms with Crippen molar-refractivity contribution in [3.63, 3.8) is 0 Å². The topological polar surface area (TPSA) is 68.9 Å². The number of benzene rings is 2. The Bertz CT molecular complexity index is 1200. The smallest absolute Gasteiger partial charge is 0.282 e. The summed E-state index contributed by atoms with van der Waals surface area (Å²) in [7, 11) is 0. The molecule has 0 spiro atoms. The van der Waals surface area contributed by atoms with Crippen LogP contribution in [0.2, 0.25) is 0 Å². The number of para-hydroxylation sites is 1. The fraction of sp³-hybridized carbons (Fsp3) is 0.136. The number of fused-ring (bicyclic) bond motifs is 1. The number of hydrogen-bond acceptors (Lipinski definition) is 3. The van der Waals surface area contributed by atoms with Gasteiger partial charge in [0.2, 0.25) is 0 Å². The third kappa shape index (κ3) is 3.86. The number of nitrogens with one attached hydrogen (secondary N) is 1. The molecule has 29 heavy (non-hydrogen) atoms. The van der Waals surface area contributed by atoms with E-state index in [0.29, 0.717) is 34.7 Å². The first-order valence-corrected chi connectivity index (χ1v) is 10.1. The first kappa shape index (κ1) is 19.1. The molecule has 1 N–H and O–H groups in total. The Kier molecular flexibility index (Phi) is 5.31. The molecule has 2 heterocycles. The highest BCUT2D eigenvalue weighted by molar-refractivity contribution is 9.10. The zero-order valence-corrected chi connectivity index (χ0v) is 17.4. The van der Waals surface area contributed by atoms with Gasteiger partial charge in [0.1, 0.15) is 5.69 Å². The predicted molar refractivity (Wildman–Crippen MR) is 117 cm³/mol. The Labute approximate surface area is 176 Å². The third-order valence-corrected chi connectivity index (χ3v) is 5.03. The Hall–Kier alpha value is -3.19. The summed E-state index contributed by atoms with van der Waals surface area (Å²) in [6.07, 6.45) is 4.40. The number of anilines is 1. The first-order valence-electron chi connectivity index (χ1n) is 9.32. The highest BCUT2D eigenvalue weighted by Crippen LogP contribution is 2.24. The summed E-state index contributed by atoms with van der Waals surface area (Å²) >= 11 is 3.41. The molecule has 1 amide bonds. The molecule has 4 rings (SSSR count). The third-order valence-electron chi connectivity index (χ3n) is 4.53. The molecular weight excluding hydrogens is 432 g/mol. The number of rotatable bonds is 5. The van der Waals surface area contributed by atoms with Gasteiger partial charge < -0.3 is 9.88 Å². The van der Waals surface area contributed by atoms with Crippen LogP contribution in [-0.4, -0.2) is 20.3 Å². The van der Waals surface area contributed by atoms with E-state index in [2.05, 4.69) is 26.3 Å². The van der Waals surface area contributed by atoms with Gasteiger partial charge in [0.05, 0.1) is 16.8 Å². The maximum Gasteiger partial charge on any atom is 0.282 e. The van der Waals surface area contributed by atoms with Gasteiger partial charge in [0.15, 0.2) is 0 Å². The van der Waals surface area contributed by atoms with Crippen molar-refractivity contribution in [2.24, 2.45) is 0 Å². The van der Waals surface area contributed by atoms with Gasteiger partial charge in [-0.3, -0.25) is 9.59 Å². The molecule has 0 aliphatic carbocycles. The number of nitrogens with zero attached hydrogens (tertiary/aromatic N) is 3. The largest absolute Gasteiger partial charge is 0.353 e. The zero-order valence-electron chi connectivity index (χ0n) is 15.8. The molecule has 0 saturated carbocycles. The van der Waals surface area contributed by atoms with Crippen LogP contribution in [0.25, 0.3) is 16.9 Å². The van der Waals surface area contributed by atoms with Crippen LogP contribution in [0.5, 0.6) is 0 Å². The SMILES string of the molecule is CCCn1cc(C(=O)Nc2cccc(Br)c2)c2nn(-c3ccccc3)c(=O)c-2c1. The first-order chi connectivity index (χ1) is 14.1. The minimum atomic E-state index is -0.309. The summed E-state index contributed by atoms with van der Waals surface area (Å²) in [4.78, 5) is 26.1. The molecule has 2 aromatic carbocycles. The van der Waals surface area contributed by atoms with Crippen molar-refractivity contribution in [2.75, 3.05) is 5.32 Å². The summed E-state index contributed by atoms with van der Waals surface area (Å²) in [5, 5.41) is 7.38. The minimum absolute atomic E-state index is 0.242. The lowest BCUT2D eigenvalue weighted by molar-refractivity contribution is 0.102. The molecular formula is C22H19BrN4O2. The van der Waals surface area contributed by atoms with E-state index in [-0.39, 0.29) is 11.5 Å². The number of carbonyl (C=O) groups excluding carboxylic acids is 1. The highest BCUT2D eigenvalue weighted by atomic mass is 79.9. The highest BCUT2D eigenvalue weighted by Gasteiger charge is 2.24. The maximum atomic E-state index is 13.1. The van der Waals surface area contributed by atoms with Gasteiger partial charge in [0, 0.05) is 29.1 Å². The van der Waals surface area contributed by atoms with E-state index >= 15 is 0 Å². The Morgan fingerprint density at radius 1 is 1.10 bits per heavy atom. The van der Waals surface area contributed by atoms with Crippen LogP contribution in [0, 0.1) is 0 Å². The van der Waals surface area contributed by atoms with Gasteiger partial charge in [-0.1, -0.05) is 47.1 Å². The molecule has 0 unspecified atom stereocenters. The average Bonchev–Trinajstić information content (AvgIpc) is 3.05. The van der Waals surface area contributed by atoms with Crippen molar-refractivity contribution in [3.8, 4) is 16.9 Å². The molecule has 146 valence electrons. The molecule has 0 aromatic heterocycles. The summed E-state index contributed by atoms with van der Waals surface area (Å²) in [6.45, 7) is 2.74. The standard InChI is InChI=1S/C22H19BrN4O2/c1-2-11-26-13-18(21(28)24-16-8-6-7-15(23)12-16)20-19(14-26)22(29)27(25-20)17-9-4-3-5-10-17/h3-10,12-14H,2,11H2,1H3,(H,24,28). The lowest BCUT2D eigenvalue weighted by Gasteiger charge is -2.12. The fourth-order valence-corrected chi connectivity index (χ4v) is 3.62. The Balaban J connectivity index is 1.83. The number of amides is 1. The monoisotopic (exact) mass is 450 g/mol. The minimum Gasteiger partial charge on any atom is -0.353 e. The lowest BCUT2D eigenvalue weighted by Crippen LogP contribution is -2.17. The molecule has 0 fully saturated rings. The summed E-state index contributed by atoms with van der Waals surface area (Å²) in [5.41, 5.74) is 2.25. The van der Waals surface area contributed by atoms with Crippen LogP contribution >= 0.6 is 15.9 Å². The molecule has 0 radical (unpaired) electrons. The number of pyridine rings is 1. The Morgan fingerprint density at radius 2 is 1.90 bits per heavy atom. The second-order valence-corrected chi connectivity index (χ2v) is 7.60. The summed E-state index contributed by atoms with van der Waals surface area (Å²) in [6, 6.07) is 16.6. The number of aromatic nitrogens is 3. The molecule has 2 aliphatic rings. The number of carbonyl (C=O) groups is 1. The molecule has 2 aromatic rings. The van der Waals surface area contributed by atoms with Crippen LogP contribution in [0.1, 0.15) is 23.7 Å². The molecule has 2 aliphatic heterocycles. The van der Waals surface area contributed by atoms with Gasteiger partial charge in [0.25, 0.3) is 11.5 Å². The van der Waals surface area contributed by atoms with Crippen molar-refractivity contribution in [1.82, 2.24) is 14.3 Å². The maximum absolute atomic E-state index is 13.1. The van der Waals surface area contributed by atoms with E-state index in [1.807, 2.05) is 66.1 Å². The zero-order chi connectivity index (χ0) is 20.4. The van der Waals surface area contributed by atoms with Crippen LogP contribution in [0.15, 0.2) is 76.3 Å². The molecule has 0 saturated heterocycles. The van der Waals surface area contributed by atoms with Crippen LogP contribution < -0.4 is 10.9 Å². The van der Waals surface area contributed by atoms with Crippen molar-refractivity contribution < 1.29 is 4.79 Å². The molecule has 6 nitrogen and oxygen atoms in total. The van der Waals surface area contributed by atoms with Crippen molar-refractivity contribution >= 4 is 27.5 Å². The fourth-order valence-electron chi connectivity index (χ4n) is 3.22. The van der Waals surface area contributed by atoms with Gasteiger partial charge in [-0.25, -0.2) is 0 Å². The van der Waals surface area contributed by atoms with E-state index in [4.69, 9.17) is 0 Å². The van der Waals surface area contributed by atoms with Gasteiger partial charge >= 0.3 is 0 Å². The van der Waals surface area contributed by atoms with Crippen LogP contribution in [-0.2, 0) is 6.54 Å². The molecule has 7 heteroatoms. The van der Waals surface area contributed by atoms with Crippen LogP contribution in [0.4, 0.5) is 5.69 Å². The average molecular weight is 451 g/mol. The number of aryl methyl sites for hydroxylation is 1. The summed E-state index contributed by atoms with van der Waals surface area (Å²) < 4.78 is 4.08. The van der Waals surface area contributed by atoms with Gasteiger partial charge in [-0.15, -0.1) is 0 Å². The number of halogens is 1. The van der Waals surface area contributed by atoms with Crippen LogP contribution in [0.3, 0.4) is 0 Å². The molecule has 0 atom stereocenters.